The second-order valence-electron chi connectivity index (χ2n) is 1.49. The molecule has 1 rings (SSSR count). The van der Waals surface area contributed by atoms with E-state index >= 15 is 0 Å². The average molecular weight is 219 g/mol. The fourth-order valence-corrected chi connectivity index (χ4v) is 1.08. The van der Waals surface area contributed by atoms with Crippen molar-refractivity contribution in [2.75, 3.05) is 0 Å². The van der Waals surface area contributed by atoms with Crippen LogP contribution in [0, 0.1) is 11.3 Å². The third-order valence-electron chi connectivity index (χ3n) is 0.848. The molecule has 1 nitrogen and oxygen atoms in total. The lowest BCUT2D eigenvalue weighted by Gasteiger charge is -1.92. The van der Waals surface area contributed by atoms with Crippen LogP contribution in [0.5, 0.6) is 0 Å². The summed E-state index contributed by atoms with van der Waals surface area (Å²) < 4.78 is 22.2. The van der Waals surface area contributed by atoms with Gasteiger partial charge in [0.25, 0.3) is 0 Å². The summed E-state index contributed by atoms with van der Waals surface area (Å²) in [7, 11) is 0. The van der Waals surface area contributed by atoms with E-state index in [2.05, 4.69) is 15.9 Å². The minimum absolute atomic E-state index is 0.0283. The molecule has 1 aromatic rings. The highest BCUT2D eigenvalue weighted by molar-refractivity contribution is 9.10. The Hall–Kier alpha value is -0.520. The first-order valence-electron chi connectivity index (χ1n) is 3.85. The number of nitrogens with zero attached hydrogens (tertiary/aromatic N) is 1. The molecule has 0 saturated heterocycles. The molecule has 0 unspecified atom stereocenters. The second kappa shape index (κ2) is 3.05. The summed E-state index contributed by atoms with van der Waals surface area (Å²) in [6.07, 6.45) is 0. The molecule has 0 N–H and O–H groups in total. The Bertz CT molecular complexity index is 384. The SMILES string of the molecule is [2H]c1c([2H])c(C#N)c(Br)c([2H])c1Cl. The Kier molecular flexibility index (Phi) is 1.33. The number of nitriles is 1. The average Bonchev–Trinajstić information content (AvgIpc) is 2.13. The minimum Gasteiger partial charge on any atom is -0.192 e. The first kappa shape index (κ1) is 4.38. The zero-order valence-corrected chi connectivity index (χ0v) is 7.05. The van der Waals surface area contributed by atoms with E-state index in [0.29, 0.717) is 0 Å². The van der Waals surface area contributed by atoms with Crippen molar-refractivity contribution in [2.45, 2.75) is 0 Å². The Morgan fingerprint density at radius 3 is 3.00 bits per heavy atom. The lowest BCUT2D eigenvalue weighted by Crippen LogP contribution is -1.74. The van der Waals surface area contributed by atoms with Crippen molar-refractivity contribution in [3.05, 3.63) is 33.2 Å². The van der Waals surface area contributed by atoms with Gasteiger partial charge in [-0.15, -0.1) is 0 Å². The Morgan fingerprint density at radius 1 is 1.70 bits per heavy atom. The molecule has 0 heterocycles. The molecule has 0 atom stereocenters. The Labute approximate surface area is 76.6 Å². The van der Waals surface area contributed by atoms with Gasteiger partial charge in [-0.2, -0.15) is 5.26 Å². The molecule has 0 aliphatic carbocycles. The Balaban J connectivity index is 3.69. The minimum atomic E-state index is -0.286. The standard InChI is InChI=1S/C7H3BrClN/c8-7-3-6(9)2-1-5(7)4-10/h1-3H/i1D,2D,3D. The zero-order valence-electron chi connectivity index (χ0n) is 7.70. The van der Waals surface area contributed by atoms with Crippen molar-refractivity contribution in [1.29, 1.82) is 5.26 Å². The van der Waals surface area contributed by atoms with E-state index in [1.807, 2.05) is 0 Å². The summed E-state index contributed by atoms with van der Waals surface area (Å²) in [5, 5.41) is 8.51. The highest BCUT2D eigenvalue weighted by atomic mass is 79.9. The predicted molar refractivity (Wildman–Crippen MR) is 43.9 cm³/mol. The fraction of sp³-hybridized carbons (Fsp3) is 0. The van der Waals surface area contributed by atoms with Crippen LogP contribution in [0.15, 0.2) is 22.6 Å². The van der Waals surface area contributed by atoms with Gasteiger partial charge in [0.15, 0.2) is 0 Å². The van der Waals surface area contributed by atoms with Crippen molar-refractivity contribution in [2.24, 2.45) is 0 Å². The first-order valence-corrected chi connectivity index (χ1v) is 3.52. The summed E-state index contributed by atoms with van der Waals surface area (Å²) in [5.74, 6) is 0. The summed E-state index contributed by atoms with van der Waals surface area (Å²) in [6, 6.07) is 1.07. The van der Waals surface area contributed by atoms with Crippen LogP contribution in [0.2, 0.25) is 5.02 Å². The molecule has 0 aromatic heterocycles. The fourth-order valence-electron chi connectivity index (χ4n) is 0.439. The molecule has 0 radical (unpaired) electrons. The molecule has 3 heteroatoms. The van der Waals surface area contributed by atoms with Gasteiger partial charge in [0, 0.05) is 9.50 Å². The lowest BCUT2D eigenvalue weighted by molar-refractivity contribution is 1.47. The number of rotatable bonds is 0. The zero-order chi connectivity index (χ0) is 10.2. The van der Waals surface area contributed by atoms with Crippen LogP contribution in [0.25, 0.3) is 0 Å². The van der Waals surface area contributed by atoms with Crippen molar-refractivity contribution < 1.29 is 4.11 Å². The molecule has 1 aromatic carbocycles. The molecule has 0 spiro atoms. The number of halogens is 2. The molecule has 0 aliphatic heterocycles. The van der Waals surface area contributed by atoms with E-state index in [-0.39, 0.29) is 33.2 Å². The van der Waals surface area contributed by atoms with Crippen LogP contribution in [0.3, 0.4) is 0 Å². The van der Waals surface area contributed by atoms with E-state index in [4.69, 9.17) is 21.0 Å². The molecular weight excluding hydrogens is 213 g/mol. The van der Waals surface area contributed by atoms with Crippen molar-refractivity contribution in [1.82, 2.24) is 0 Å². The Morgan fingerprint density at radius 2 is 2.40 bits per heavy atom. The topological polar surface area (TPSA) is 23.8 Å². The molecular formula is C7H3BrClN. The quantitative estimate of drug-likeness (QED) is 0.658. The van der Waals surface area contributed by atoms with Gasteiger partial charge < -0.3 is 0 Å². The molecule has 0 bridgehead atoms. The lowest BCUT2D eigenvalue weighted by atomic mass is 10.2. The van der Waals surface area contributed by atoms with E-state index in [0.717, 1.165) is 0 Å². The van der Waals surface area contributed by atoms with Gasteiger partial charge in [0.2, 0.25) is 0 Å². The molecule has 50 valence electrons. The molecule has 10 heavy (non-hydrogen) atoms. The smallest absolute Gasteiger partial charge is 0.100 e. The van der Waals surface area contributed by atoms with Crippen LogP contribution in [0.1, 0.15) is 9.68 Å². The molecule has 0 amide bonds. The first-order chi connectivity index (χ1) is 6.00. The van der Waals surface area contributed by atoms with Crippen molar-refractivity contribution in [3.8, 4) is 6.07 Å². The maximum absolute atomic E-state index is 8.63. The maximum atomic E-state index is 8.63. The van der Waals surface area contributed by atoms with Gasteiger partial charge in [-0.3, -0.25) is 0 Å². The van der Waals surface area contributed by atoms with Crippen LogP contribution in [-0.4, -0.2) is 0 Å². The maximum Gasteiger partial charge on any atom is 0.100 e. The monoisotopic (exact) mass is 218 g/mol. The highest BCUT2D eigenvalue weighted by Crippen LogP contribution is 2.20. The van der Waals surface area contributed by atoms with Gasteiger partial charge in [0.05, 0.1) is 9.68 Å². The number of benzene rings is 1. The van der Waals surface area contributed by atoms with Crippen LogP contribution in [0.4, 0.5) is 0 Å². The molecule has 0 saturated carbocycles. The molecule has 0 fully saturated rings. The third kappa shape index (κ3) is 1.50. The molecule has 0 aliphatic rings. The number of hydrogen-bond acceptors (Lipinski definition) is 1. The summed E-state index contributed by atoms with van der Waals surface area (Å²) in [4.78, 5) is 0. The summed E-state index contributed by atoms with van der Waals surface area (Å²) in [5.41, 5.74) is -0.0283. The normalized spacial score (nSPS) is 13.1. The van der Waals surface area contributed by atoms with Gasteiger partial charge in [0.1, 0.15) is 6.07 Å². The highest BCUT2D eigenvalue weighted by Gasteiger charge is 1.96. The van der Waals surface area contributed by atoms with E-state index < -0.39 is 0 Å². The van der Waals surface area contributed by atoms with Gasteiger partial charge >= 0.3 is 0 Å². The van der Waals surface area contributed by atoms with Crippen LogP contribution in [-0.2, 0) is 0 Å². The second-order valence-corrected chi connectivity index (χ2v) is 2.66. The van der Waals surface area contributed by atoms with Crippen LogP contribution >= 0.6 is 27.5 Å². The van der Waals surface area contributed by atoms with Gasteiger partial charge in [-0.25, -0.2) is 0 Å². The largest absolute Gasteiger partial charge is 0.192 e. The van der Waals surface area contributed by atoms with Crippen LogP contribution < -0.4 is 0 Å². The van der Waals surface area contributed by atoms with E-state index in [1.165, 1.54) is 0 Å². The van der Waals surface area contributed by atoms with Gasteiger partial charge in [-0.1, -0.05) is 11.6 Å². The summed E-state index contributed by atoms with van der Waals surface area (Å²) >= 11 is 8.56. The van der Waals surface area contributed by atoms with E-state index in [1.54, 1.807) is 6.07 Å². The summed E-state index contributed by atoms with van der Waals surface area (Å²) in [6.45, 7) is 0. The van der Waals surface area contributed by atoms with Crippen molar-refractivity contribution in [3.63, 3.8) is 0 Å². The van der Waals surface area contributed by atoms with E-state index in [9.17, 15) is 0 Å². The number of hydrogen-bond donors (Lipinski definition) is 0. The predicted octanol–water partition coefficient (Wildman–Crippen LogP) is 2.97. The van der Waals surface area contributed by atoms with Crippen molar-refractivity contribution >= 4 is 27.5 Å². The van der Waals surface area contributed by atoms with Gasteiger partial charge in [-0.05, 0) is 34.1 Å². The third-order valence-corrected chi connectivity index (χ3v) is 1.63.